The predicted octanol–water partition coefficient (Wildman–Crippen LogP) is 5.77. The fourth-order valence-electron chi connectivity index (χ4n) is 4.28. The summed E-state index contributed by atoms with van der Waals surface area (Å²) in [6, 6.07) is 26.7. The number of amides is 1. The number of halogens is 2. The van der Waals surface area contributed by atoms with Crippen LogP contribution in [-0.2, 0) is 11.2 Å². The highest BCUT2D eigenvalue weighted by Gasteiger charge is 2.30. The Balaban J connectivity index is 1.42. The number of nitrogens with zero attached hydrogens (tertiary/aromatic N) is 2. The molecule has 0 aliphatic carbocycles. The molecule has 1 heterocycles. The lowest BCUT2D eigenvalue weighted by atomic mass is 9.96. The second-order valence-corrected chi connectivity index (χ2v) is 9.51. The van der Waals surface area contributed by atoms with Crippen LogP contribution in [0.3, 0.4) is 0 Å². The Labute approximate surface area is 205 Å². The summed E-state index contributed by atoms with van der Waals surface area (Å²) in [7, 11) is 0. The second-order valence-electron chi connectivity index (χ2n) is 8.04. The fourth-order valence-corrected chi connectivity index (χ4v) is 5.12. The van der Waals surface area contributed by atoms with Gasteiger partial charge in [-0.15, -0.1) is 0 Å². The van der Waals surface area contributed by atoms with Gasteiger partial charge in [0.15, 0.2) is 0 Å². The molecule has 0 N–H and O–H groups in total. The number of thiol groups is 1. The van der Waals surface area contributed by atoms with E-state index in [2.05, 4.69) is 66.1 Å². The Hall–Kier alpha value is -1.98. The Morgan fingerprint density at radius 2 is 1.41 bits per heavy atom. The maximum atomic E-state index is 13.1. The minimum Gasteiger partial charge on any atom is -0.339 e. The molecule has 6 heteroatoms. The van der Waals surface area contributed by atoms with Crippen molar-refractivity contribution < 1.29 is 4.79 Å². The van der Waals surface area contributed by atoms with Crippen molar-refractivity contribution in [2.75, 3.05) is 26.2 Å². The van der Waals surface area contributed by atoms with Gasteiger partial charge in [0.05, 0.1) is 11.3 Å². The van der Waals surface area contributed by atoms with Crippen LogP contribution >= 0.6 is 35.8 Å². The molecule has 1 unspecified atom stereocenters. The predicted molar refractivity (Wildman–Crippen MR) is 136 cm³/mol. The van der Waals surface area contributed by atoms with E-state index in [0.29, 0.717) is 29.6 Å². The van der Waals surface area contributed by atoms with Crippen LogP contribution in [-0.4, -0.2) is 47.1 Å². The van der Waals surface area contributed by atoms with Crippen molar-refractivity contribution in [1.29, 1.82) is 0 Å². The Bertz CT molecular complexity index is 1000. The molecular weight excluding hydrogens is 459 g/mol. The zero-order valence-corrected chi connectivity index (χ0v) is 20.1. The SMILES string of the molecule is O=C(C(S)Cc1ccc(Cl)cc1Cl)N1CCN(C(c2ccccc2)c2ccccc2)CC1. The van der Waals surface area contributed by atoms with Crippen molar-refractivity contribution in [2.45, 2.75) is 17.7 Å². The molecule has 1 fully saturated rings. The van der Waals surface area contributed by atoms with Crippen LogP contribution in [0.5, 0.6) is 0 Å². The van der Waals surface area contributed by atoms with E-state index in [0.717, 1.165) is 18.7 Å². The quantitative estimate of drug-likeness (QED) is 0.449. The second kappa shape index (κ2) is 10.8. The van der Waals surface area contributed by atoms with Crippen LogP contribution in [0, 0.1) is 0 Å². The summed E-state index contributed by atoms with van der Waals surface area (Å²) in [5.74, 6) is 0.0509. The number of carbonyl (C=O) groups is 1. The molecule has 0 radical (unpaired) electrons. The molecule has 4 rings (SSSR count). The van der Waals surface area contributed by atoms with Crippen molar-refractivity contribution in [3.05, 3.63) is 106 Å². The molecule has 1 aliphatic rings. The van der Waals surface area contributed by atoms with Gasteiger partial charge < -0.3 is 4.90 Å². The van der Waals surface area contributed by atoms with Crippen molar-refractivity contribution in [3.8, 4) is 0 Å². The summed E-state index contributed by atoms with van der Waals surface area (Å²) >= 11 is 16.9. The number of hydrogen-bond acceptors (Lipinski definition) is 3. The van der Waals surface area contributed by atoms with E-state index in [1.165, 1.54) is 11.1 Å². The van der Waals surface area contributed by atoms with Gasteiger partial charge in [-0.3, -0.25) is 9.69 Å². The number of piperazine rings is 1. The molecule has 0 aromatic heterocycles. The normalized spacial score (nSPS) is 15.7. The van der Waals surface area contributed by atoms with Crippen molar-refractivity contribution in [3.63, 3.8) is 0 Å². The Kier molecular flexibility index (Phi) is 7.80. The average molecular weight is 485 g/mol. The van der Waals surface area contributed by atoms with Crippen LogP contribution in [0.25, 0.3) is 0 Å². The largest absolute Gasteiger partial charge is 0.339 e. The highest BCUT2D eigenvalue weighted by atomic mass is 35.5. The molecule has 1 atom stereocenters. The third-order valence-electron chi connectivity index (χ3n) is 5.94. The summed E-state index contributed by atoms with van der Waals surface area (Å²) in [5.41, 5.74) is 3.42. The Morgan fingerprint density at radius 1 is 0.844 bits per heavy atom. The molecular formula is C26H26Cl2N2OS. The van der Waals surface area contributed by atoms with Gasteiger partial charge in [-0.2, -0.15) is 12.6 Å². The number of carbonyl (C=O) groups excluding carboxylic acids is 1. The minimum absolute atomic E-state index is 0.0509. The van der Waals surface area contributed by atoms with E-state index >= 15 is 0 Å². The highest BCUT2D eigenvalue weighted by molar-refractivity contribution is 7.81. The number of hydrogen-bond donors (Lipinski definition) is 1. The summed E-state index contributed by atoms with van der Waals surface area (Å²) in [6.45, 7) is 2.98. The molecule has 1 saturated heterocycles. The standard InChI is InChI=1S/C26H26Cl2N2OS/c27-22-12-11-21(23(28)18-22)17-24(32)26(31)30-15-13-29(14-16-30)25(19-7-3-1-4-8-19)20-9-5-2-6-10-20/h1-12,18,24-25,32H,13-17H2. The molecule has 0 saturated carbocycles. The van der Waals surface area contributed by atoms with Gasteiger partial charge in [0.1, 0.15) is 0 Å². The zero-order chi connectivity index (χ0) is 22.5. The molecule has 3 aromatic carbocycles. The lowest BCUT2D eigenvalue weighted by Gasteiger charge is -2.40. The van der Waals surface area contributed by atoms with Crippen LogP contribution in [0.1, 0.15) is 22.7 Å². The lowest BCUT2D eigenvalue weighted by molar-refractivity contribution is -0.132. The van der Waals surface area contributed by atoms with Gasteiger partial charge in [-0.25, -0.2) is 0 Å². The van der Waals surface area contributed by atoms with E-state index < -0.39 is 5.25 Å². The first kappa shape index (κ1) is 23.2. The molecule has 3 nitrogen and oxygen atoms in total. The van der Waals surface area contributed by atoms with Crippen molar-refractivity contribution in [1.82, 2.24) is 9.80 Å². The first-order valence-electron chi connectivity index (χ1n) is 10.8. The average Bonchev–Trinajstić information content (AvgIpc) is 2.82. The van der Waals surface area contributed by atoms with Gasteiger partial charge in [0.2, 0.25) is 5.91 Å². The van der Waals surface area contributed by atoms with E-state index in [9.17, 15) is 4.79 Å². The number of benzene rings is 3. The van der Waals surface area contributed by atoms with E-state index in [1.807, 2.05) is 23.1 Å². The highest BCUT2D eigenvalue weighted by Crippen LogP contribution is 2.30. The molecule has 166 valence electrons. The fraction of sp³-hybridized carbons (Fsp3) is 0.269. The van der Waals surface area contributed by atoms with Gasteiger partial charge >= 0.3 is 0 Å². The molecule has 0 bridgehead atoms. The number of rotatable bonds is 6. The van der Waals surface area contributed by atoms with Gasteiger partial charge in [0, 0.05) is 36.2 Å². The molecule has 32 heavy (non-hydrogen) atoms. The third kappa shape index (κ3) is 5.49. The van der Waals surface area contributed by atoms with Crippen molar-refractivity contribution in [2.24, 2.45) is 0 Å². The van der Waals surface area contributed by atoms with E-state index in [4.69, 9.17) is 23.2 Å². The maximum absolute atomic E-state index is 13.1. The van der Waals surface area contributed by atoms with Crippen LogP contribution in [0.2, 0.25) is 10.0 Å². The van der Waals surface area contributed by atoms with Gasteiger partial charge in [-0.05, 0) is 35.2 Å². The van der Waals surface area contributed by atoms with Crippen molar-refractivity contribution >= 4 is 41.7 Å². The molecule has 0 spiro atoms. The molecule has 1 amide bonds. The summed E-state index contributed by atoms with van der Waals surface area (Å²) in [5, 5.41) is 0.727. The maximum Gasteiger partial charge on any atom is 0.235 e. The Morgan fingerprint density at radius 3 is 1.94 bits per heavy atom. The summed E-state index contributed by atoms with van der Waals surface area (Å²) in [4.78, 5) is 17.4. The summed E-state index contributed by atoms with van der Waals surface area (Å²) < 4.78 is 0. The topological polar surface area (TPSA) is 23.6 Å². The van der Waals surface area contributed by atoms with Crippen LogP contribution < -0.4 is 0 Å². The molecule has 1 aliphatic heterocycles. The van der Waals surface area contributed by atoms with Crippen LogP contribution in [0.4, 0.5) is 0 Å². The van der Waals surface area contributed by atoms with E-state index in [1.54, 1.807) is 12.1 Å². The van der Waals surface area contributed by atoms with E-state index in [-0.39, 0.29) is 11.9 Å². The smallest absolute Gasteiger partial charge is 0.235 e. The monoisotopic (exact) mass is 484 g/mol. The molecule has 3 aromatic rings. The van der Waals surface area contributed by atoms with Gasteiger partial charge in [-0.1, -0.05) is 89.9 Å². The minimum atomic E-state index is -0.431. The van der Waals surface area contributed by atoms with Gasteiger partial charge in [0.25, 0.3) is 0 Å². The summed E-state index contributed by atoms with van der Waals surface area (Å²) in [6.07, 6.45) is 0.481. The third-order valence-corrected chi connectivity index (χ3v) is 6.93. The zero-order valence-electron chi connectivity index (χ0n) is 17.7. The van der Waals surface area contributed by atoms with Crippen LogP contribution in [0.15, 0.2) is 78.9 Å². The first-order chi connectivity index (χ1) is 15.5. The first-order valence-corrected chi connectivity index (χ1v) is 12.0. The lowest BCUT2D eigenvalue weighted by Crippen LogP contribution is -2.51.